The highest BCUT2D eigenvalue weighted by Gasteiger charge is 2.27. The lowest BCUT2D eigenvalue weighted by molar-refractivity contribution is 0.335. The Morgan fingerprint density at radius 3 is 2.27 bits per heavy atom. The molecule has 0 fully saturated rings. The topological polar surface area (TPSA) is 110 Å². The summed E-state index contributed by atoms with van der Waals surface area (Å²) in [6.45, 7) is 3.15. The molecule has 2 atom stereocenters. The second kappa shape index (κ2) is 3.63. The fourth-order valence-electron chi connectivity index (χ4n) is 0.379. The molecule has 0 amide bonds. The molecule has 0 aromatic heterocycles. The van der Waals surface area contributed by atoms with E-state index in [9.17, 15) is 9.13 Å². The average Bonchev–Trinajstić information content (AvgIpc) is 1.55. The van der Waals surface area contributed by atoms with Crippen LogP contribution in [0.15, 0.2) is 12.7 Å². The normalized spacial score (nSPS) is 21.7. The quantitative estimate of drug-likeness (QED) is 0.449. The number of hydrogen-bond donors (Lipinski definition) is 3. The Bertz CT molecular complexity index is 232. The first-order valence-corrected chi connectivity index (χ1v) is 5.93. The minimum atomic E-state index is -4.38. The minimum Gasteiger partial charge on any atom is -0.324 e. The van der Waals surface area contributed by atoms with Crippen LogP contribution in [0.1, 0.15) is 0 Å². The highest BCUT2D eigenvalue weighted by molar-refractivity contribution is 7.65. The molecule has 0 aliphatic heterocycles. The van der Waals surface area contributed by atoms with E-state index in [0.717, 1.165) is 6.08 Å². The number of hydrogen-bond acceptors (Lipinski definition) is 3. The smallest absolute Gasteiger partial charge is 0.324 e. The van der Waals surface area contributed by atoms with Crippen molar-refractivity contribution in [2.75, 3.05) is 6.16 Å². The van der Waals surface area contributed by atoms with Gasteiger partial charge in [-0.1, -0.05) is 6.08 Å². The summed E-state index contributed by atoms with van der Waals surface area (Å²) in [7, 11) is -8.45. The molecule has 11 heavy (non-hydrogen) atoms. The van der Waals surface area contributed by atoms with Crippen molar-refractivity contribution in [3.05, 3.63) is 12.7 Å². The van der Waals surface area contributed by atoms with Crippen LogP contribution in [0.3, 0.4) is 0 Å². The first kappa shape index (κ1) is 11.0. The van der Waals surface area contributed by atoms with Crippen molar-refractivity contribution in [2.45, 2.75) is 0 Å². The van der Waals surface area contributed by atoms with E-state index >= 15 is 0 Å². The second-order valence-electron chi connectivity index (χ2n) is 1.75. The van der Waals surface area contributed by atoms with Crippen LogP contribution in [0, 0.1) is 0 Å². The van der Waals surface area contributed by atoms with Crippen molar-refractivity contribution in [3.8, 4) is 0 Å². The Morgan fingerprint density at radius 2 is 2.00 bits per heavy atom. The minimum absolute atomic E-state index is 0.408. The van der Waals surface area contributed by atoms with Crippen LogP contribution in [-0.2, 0) is 13.4 Å². The summed E-state index contributed by atoms with van der Waals surface area (Å²) in [6.07, 6.45) is 0.686. The fraction of sp³-hybridized carbons (Fsp3) is 0.333. The van der Waals surface area contributed by atoms with Crippen molar-refractivity contribution >= 4 is 15.3 Å². The molecular formula is C3H9NO5P2. The Balaban J connectivity index is 4.25. The molecule has 2 unspecified atom stereocenters. The monoisotopic (exact) mass is 201 g/mol. The van der Waals surface area contributed by atoms with E-state index in [-0.39, 0.29) is 0 Å². The van der Waals surface area contributed by atoms with Crippen molar-refractivity contribution < 1.29 is 23.2 Å². The first-order valence-electron chi connectivity index (χ1n) is 2.52. The molecule has 66 valence electrons. The molecule has 0 spiro atoms. The molecular weight excluding hydrogens is 192 g/mol. The van der Waals surface area contributed by atoms with Gasteiger partial charge < -0.3 is 9.79 Å². The average molecular weight is 201 g/mol. The number of nitrogens with two attached hydrogens (primary N) is 1. The van der Waals surface area contributed by atoms with Gasteiger partial charge in [0, 0.05) is 0 Å². The van der Waals surface area contributed by atoms with Gasteiger partial charge in [0.2, 0.25) is 0 Å². The maximum Gasteiger partial charge on any atom is 0.407 e. The van der Waals surface area contributed by atoms with Crippen LogP contribution in [0.4, 0.5) is 0 Å². The van der Waals surface area contributed by atoms with Gasteiger partial charge in [-0.15, -0.1) is 6.58 Å². The van der Waals surface area contributed by atoms with Gasteiger partial charge in [-0.2, -0.15) is 0 Å². The summed E-state index contributed by atoms with van der Waals surface area (Å²) in [5.74, 6) is 0. The molecule has 0 radical (unpaired) electrons. The third-order valence-electron chi connectivity index (χ3n) is 0.604. The Labute approximate surface area is 63.8 Å². The lowest BCUT2D eigenvalue weighted by atomic mass is 10.8. The van der Waals surface area contributed by atoms with Crippen LogP contribution in [0.25, 0.3) is 0 Å². The van der Waals surface area contributed by atoms with Gasteiger partial charge in [0.1, 0.15) is 0 Å². The predicted molar refractivity (Wildman–Crippen MR) is 40.0 cm³/mol. The second-order valence-corrected chi connectivity index (χ2v) is 5.18. The summed E-state index contributed by atoms with van der Waals surface area (Å²) in [5.41, 5.74) is 4.47. The largest absolute Gasteiger partial charge is 0.407 e. The number of allylic oxidation sites excluding steroid dienone is 1. The third kappa shape index (κ3) is 6.44. The zero-order valence-corrected chi connectivity index (χ0v) is 7.37. The zero-order chi connectivity index (χ0) is 9.12. The van der Waals surface area contributed by atoms with Crippen LogP contribution < -0.4 is 5.50 Å². The molecule has 0 saturated carbocycles. The number of rotatable bonds is 4. The van der Waals surface area contributed by atoms with Gasteiger partial charge in [0.15, 0.2) is 0 Å². The summed E-state index contributed by atoms with van der Waals surface area (Å²) in [6, 6.07) is 0. The van der Waals surface area contributed by atoms with E-state index in [1.807, 2.05) is 0 Å². The summed E-state index contributed by atoms with van der Waals surface area (Å²) in [4.78, 5) is 17.0. The van der Waals surface area contributed by atoms with Crippen molar-refractivity contribution in [3.63, 3.8) is 0 Å². The summed E-state index contributed by atoms with van der Waals surface area (Å²) in [5, 5.41) is 0. The third-order valence-corrected chi connectivity index (χ3v) is 3.28. The van der Waals surface area contributed by atoms with E-state index in [2.05, 4.69) is 16.4 Å². The molecule has 0 bridgehead atoms. The molecule has 0 saturated heterocycles. The first-order chi connectivity index (χ1) is 4.77. The fourth-order valence-corrected chi connectivity index (χ4v) is 2.43. The Kier molecular flexibility index (Phi) is 3.64. The standard InChI is InChI=1S/C3H9NO5P2/c1-2-3-10(5,6)9-11(4,7)8/h2H,1,3H2,(H,5,6)(H3,4,7,8). The zero-order valence-electron chi connectivity index (χ0n) is 5.58. The van der Waals surface area contributed by atoms with Crippen LogP contribution >= 0.6 is 15.3 Å². The van der Waals surface area contributed by atoms with Gasteiger partial charge in [-0.3, -0.25) is 4.57 Å². The van der Waals surface area contributed by atoms with Crippen LogP contribution in [0.2, 0.25) is 0 Å². The van der Waals surface area contributed by atoms with Crippen molar-refractivity contribution in [1.29, 1.82) is 0 Å². The maximum atomic E-state index is 10.7. The Hall–Kier alpha value is 0.0400. The van der Waals surface area contributed by atoms with Gasteiger partial charge in [0.05, 0.1) is 6.16 Å². The lowest BCUT2D eigenvalue weighted by Gasteiger charge is -2.10. The van der Waals surface area contributed by atoms with E-state index in [1.54, 1.807) is 0 Å². The van der Waals surface area contributed by atoms with E-state index in [0.29, 0.717) is 0 Å². The van der Waals surface area contributed by atoms with E-state index < -0.39 is 21.5 Å². The summed E-state index contributed by atoms with van der Waals surface area (Å²) >= 11 is 0. The van der Waals surface area contributed by atoms with Gasteiger partial charge in [-0.25, -0.2) is 14.4 Å². The van der Waals surface area contributed by atoms with Gasteiger partial charge in [-0.05, 0) is 0 Å². The molecule has 0 aromatic rings. The molecule has 0 aliphatic rings. The van der Waals surface area contributed by atoms with E-state index in [4.69, 9.17) is 9.79 Å². The summed E-state index contributed by atoms with van der Waals surface area (Å²) < 4.78 is 24.7. The lowest BCUT2D eigenvalue weighted by Crippen LogP contribution is -1.98. The molecule has 6 nitrogen and oxygen atoms in total. The van der Waals surface area contributed by atoms with Gasteiger partial charge >= 0.3 is 15.3 Å². The van der Waals surface area contributed by atoms with Gasteiger partial charge in [0.25, 0.3) is 0 Å². The Morgan fingerprint density at radius 1 is 1.55 bits per heavy atom. The van der Waals surface area contributed by atoms with Crippen molar-refractivity contribution in [2.24, 2.45) is 5.50 Å². The molecule has 0 aromatic carbocycles. The highest BCUT2D eigenvalue weighted by Crippen LogP contribution is 2.54. The predicted octanol–water partition coefficient (Wildman–Crippen LogP) is 0.433. The molecule has 0 rings (SSSR count). The molecule has 8 heteroatoms. The maximum absolute atomic E-state index is 10.7. The molecule has 0 aliphatic carbocycles. The van der Waals surface area contributed by atoms with E-state index in [1.165, 1.54) is 0 Å². The van der Waals surface area contributed by atoms with Crippen LogP contribution in [-0.4, -0.2) is 15.9 Å². The SMILES string of the molecule is C=CCP(=O)(O)OP(N)(=O)O. The van der Waals surface area contributed by atoms with Crippen molar-refractivity contribution in [1.82, 2.24) is 0 Å². The molecule has 4 N–H and O–H groups in total. The highest BCUT2D eigenvalue weighted by atomic mass is 31.3. The molecule has 0 heterocycles. The van der Waals surface area contributed by atoms with Crippen LogP contribution in [0.5, 0.6) is 0 Å².